The topological polar surface area (TPSA) is 71.2 Å². The van der Waals surface area contributed by atoms with Crippen molar-refractivity contribution in [2.24, 2.45) is 5.73 Å². The monoisotopic (exact) mass is 250 g/mol. The third-order valence-electron chi connectivity index (χ3n) is 2.77. The van der Waals surface area contributed by atoms with E-state index in [1.807, 2.05) is 37.9 Å². The fourth-order valence-electron chi connectivity index (χ4n) is 2.09. The van der Waals surface area contributed by atoms with Gasteiger partial charge in [-0.05, 0) is 32.5 Å². The van der Waals surface area contributed by atoms with Crippen LogP contribution in [0.4, 0.5) is 0 Å². The zero-order chi connectivity index (χ0) is 13.5. The summed E-state index contributed by atoms with van der Waals surface area (Å²) in [4.78, 5) is 17.7. The van der Waals surface area contributed by atoms with Gasteiger partial charge in [0.05, 0.1) is 12.6 Å². The summed E-state index contributed by atoms with van der Waals surface area (Å²) in [6.07, 6.45) is 3.52. The van der Waals surface area contributed by atoms with Crippen LogP contribution in [0.1, 0.15) is 25.5 Å². The minimum atomic E-state index is -0.0753. The van der Waals surface area contributed by atoms with Crippen LogP contribution >= 0.6 is 0 Å². The quantitative estimate of drug-likeness (QED) is 0.773. The molecule has 100 valence electrons. The van der Waals surface area contributed by atoms with Gasteiger partial charge in [0.15, 0.2) is 0 Å². The predicted octanol–water partition coefficient (Wildman–Crippen LogP) is 0.538. The first kappa shape index (κ1) is 14.6. The molecular formula is C13H22N4O. The standard InChI is InChI=1S/C13H22N4O/c1-4-16-12(18)9-17(3)13(10(2)14)11-6-5-7-15-8-11/h5-8,10,13H,4,9,14H2,1-3H3,(H,16,18). The molecule has 2 unspecified atom stereocenters. The van der Waals surface area contributed by atoms with Crippen molar-refractivity contribution in [3.8, 4) is 0 Å². The number of hydrogen-bond acceptors (Lipinski definition) is 4. The lowest BCUT2D eigenvalue weighted by Crippen LogP contribution is -2.42. The Kier molecular flexibility index (Phi) is 5.74. The highest BCUT2D eigenvalue weighted by atomic mass is 16.2. The van der Waals surface area contributed by atoms with Crippen LogP contribution in [0.3, 0.4) is 0 Å². The van der Waals surface area contributed by atoms with E-state index in [2.05, 4.69) is 10.3 Å². The number of pyridine rings is 1. The van der Waals surface area contributed by atoms with Crippen LogP contribution in [0.15, 0.2) is 24.5 Å². The van der Waals surface area contributed by atoms with Gasteiger partial charge in [-0.25, -0.2) is 0 Å². The van der Waals surface area contributed by atoms with Crippen LogP contribution in [0.25, 0.3) is 0 Å². The zero-order valence-electron chi connectivity index (χ0n) is 11.3. The highest BCUT2D eigenvalue weighted by Crippen LogP contribution is 2.20. The smallest absolute Gasteiger partial charge is 0.234 e. The first-order chi connectivity index (χ1) is 8.56. The van der Waals surface area contributed by atoms with Gasteiger partial charge >= 0.3 is 0 Å². The largest absolute Gasteiger partial charge is 0.355 e. The van der Waals surface area contributed by atoms with Crippen LogP contribution < -0.4 is 11.1 Å². The number of amides is 1. The van der Waals surface area contributed by atoms with E-state index in [1.165, 1.54) is 0 Å². The summed E-state index contributed by atoms with van der Waals surface area (Å²) in [5.41, 5.74) is 7.05. The van der Waals surface area contributed by atoms with E-state index in [0.29, 0.717) is 13.1 Å². The molecule has 1 aromatic rings. The van der Waals surface area contributed by atoms with Crippen molar-refractivity contribution in [2.75, 3.05) is 20.1 Å². The van der Waals surface area contributed by atoms with E-state index in [-0.39, 0.29) is 18.0 Å². The molecule has 1 amide bonds. The molecule has 0 aliphatic carbocycles. The molecule has 0 fully saturated rings. The highest BCUT2D eigenvalue weighted by molar-refractivity contribution is 5.77. The second-order valence-corrected chi connectivity index (χ2v) is 4.46. The number of aromatic nitrogens is 1. The van der Waals surface area contributed by atoms with Crippen LogP contribution in [0.5, 0.6) is 0 Å². The van der Waals surface area contributed by atoms with Gasteiger partial charge in [0, 0.05) is 25.0 Å². The Hall–Kier alpha value is -1.46. The van der Waals surface area contributed by atoms with Crippen molar-refractivity contribution < 1.29 is 4.79 Å². The molecule has 5 nitrogen and oxygen atoms in total. The van der Waals surface area contributed by atoms with Crippen molar-refractivity contribution in [2.45, 2.75) is 25.9 Å². The lowest BCUT2D eigenvalue weighted by atomic mass is 10.0. The molecule has 1 aromatic heterocycles. The molecule has 0 saturated carbocycles. The van der Waals surface area contributed by atoms with Gasteiger partial charge in [-0.1, -0.05) is 6.07 Å². The first-order valence-corrected chi connectivity index (χ1v) is 6.18. The summed E-state index contributed by atoms with van der Waals surface area (Å²) in [7, 11) is 1.90. The van der Waals surface area contributed by atoms with E-state index in [9.17, 15) is 4.79 Å². The van der Waals surface area contributed by atoms with Crippen molar-refractivity contribution in [3.63, 3.8) is 0 Å². The van der Waals surface area contributed by atoms with E-state index < -0.39 is 0 Å². The zero-order valence-corrected chi connectivity index (χ0v) is 11.3. The molecule has 0 radical (unpaired) electrons. The number of carbonyl (C=O) groups excluding carboxylic acids is 1. The van der Waals surface area contributed by atoms with Gasteiger partial charge in [-0.15, -0.1) is 0 Å². The molecule has 2 atom stereocenters. The Bertz CT molecular complexity index is 367. The SMILES string of the molecule is CCNC(=O)CN(C)C(c1cccnc1)C(C)N. The Morgan fingerprint density at radius 1 is 1.61 bits per heavy atom. The van der Waals surface area contributed by atoms with Gasteiger partial charge < -0.3 is 11.1 Å². The van der Waals surface area contributed by atoms with E-state index in [0.717, 1.165) is 5.56 Å². The van der Waals surface area contributed by atoms with Crippen molar-refractivity contribution in [1.82, 2.24) is 15.2 Å². The molecular weight excluding hydrogens is 228 g/mol. The van der Waals surface area contributed by atoms with Crippen molar-refractivity contribution in [1.29, 1.82) is 0 Å². The molecule has 0 aromatic carbocycles. The molecule has 3 N–H and O–H groups in total. The fraction of sp³-hybridized carbons (Fsp3) is 0.538. The summed E-state index contributed by atoms with van der Waals surface area (Å²) < 4.78 is 0. The summed E-state index contributed by atoms with van der Waals surface area (Å²) in [5, 5.41) is 2.78. The molecule has 1 heterocycles. The van der Waals surface area contributed by atoms with Crippen molar-refractivity contribution >= 4 is 5.91 Å². The fourth-order valence-corrected chi connectivity index (χ4v) is 2.09. The molecule has 5 heteroatoms. The van der Waals surface area contributed by atoms with Gasteiger partial charge in [-0.2, -0.15) is 0 Å². The van der Waals surface area contributed by atoms with E-state index in [1.54, 1.807) is 12.4 Å². The Morgan fingerprint density at radius 3 is 2.83 bits per heavy atom. The normalized spacial score (nSPS) is 14.3. The molecule has 0 spiro atoms. The maximum absolute atomic E-state index is 11.6. The number of rotatable bonds is 6. The van der Waals surface area contributed by atoms with Gasteiger partial charge in [-0.3, -0.25) is 14.7 Å². The third-order valence-corrected chi connectivity index (χ3v) is 2.77. The molecule has 0 aliphatic heterocycles. The van der Waals surface area contributed by atoms with Crippen LogP contribution in [0.2, 0.25) is 0 Å². The predicted molar refractivity (Wildman–Crippen MR) is 71.9 cm³/mol. The molecule has 0 saturated heterocycles. The van der Waals surface area contributed by atoms with Gasteiger partial charge in [0.1, 0.15) is 0 Å². The van der Waals surface area contributed by atoms with E-state index in [4.69, 9.17) is 5.73 Å². The van der Waals surface area contributed by atoms with Gasteiger partial charge in [0.25, 0.3) is 0 Å². The summed E-state index contributed by atoms with van der Waals surface area (Å²) in [5.74, 6) is 0.00883. The number of carbonyl (C=O) groups is 1. The molecule has 0 bridgehead atoms. The number of nitrogens with zero attached hydrogens (tertiary/aromatic N) is 2. The lowest BCUT2D eigenvalue weighted by molar-refractivity contribution is -0.122. The van der Waals surface area contributed by atoms with Crippen LogP contribution in [-0.2, 0) is 4.79 Å². The molecule has 1 rings (SSSR count). The average molecular weight is 250 g/mol. The second kappa shape index (κ2) is 7.08. The van der Waals surface area contributed by atoms with Crippen molar-refractivity contribution in [3.05, 3.63) is 30.1 Å². The summed E-state index contributed by atoms with van der Waals surface area (Å²) >= 11 is 0. The number of nitrogens with one attached hydrogen (secondary N) is 1. The summed E-state index contributed by atoms with van der Waals surface area (Å²) in [6, 6.07) is 3.77. The average Bonchev–Trinajstić information content (AvgIpc) is 2.30. The number of hydrogen-bond donors (Lipinski definition) is 2. The second-order valence-electron chi connectivity index (χ2n) is 4.46. The van der Waals surface area contributed by atoms with Crippen LogP contribution in [-0.4, -0.2) is 42.0 Å². The minimum absolute atomic E-state index is 0.00883. The Morgan fingerprint density at radius 2 is 2.33 bits per heavy atom. The highest BCUT2D eigenvalue weighted by Gasteiger charge is 2.22. The van der Waals surface area contributed by atoms with Crippen LogP contribution in [0, 0.1) is 0 Å². The summed E-state index contributed by atoms with van der Waals surface area (Å²) in [6.45, 7) is 4.81. The maximum Gasteiger partial charge on any atom is 0.234 e. The Labute approximate surface area is 108 Å². The maximum atomic E-state index is 11.6. The third kappa shape index (κ3) is 4.09. The molecule has 18 heavy (non-hydrogen) atoms. The number of nitrogens with two attached hydrogens (primary N) is 1. The minimum Gasteiger partial charge on any atom is -0.355 e. The van der Waals surface area contributed by atoms with Gasteiger partial charge in [0.2, 0.25) is 5.91 Å². The molecule has 0 aliphatic rings. The first-order valence-electron chi connectivity index (χ1n) is 6.18. The van der Waals surface area contributed by atoms with E-state index >= 15 is 0 Å². The number of likely N-dealkylation sites (N-methyl/N-ethyl adjacent to an activating group) is 2. The Balaban J connectivity index is 2.77. The lowest BCUT2D eigenvalue weighted by Gasteiger charge is -2.30.